The van der Waals surface area contributed by atoms with Gasteiger partial charge in [-0.05, 0) is 18.6 Å². The van der Waals surface area contributed by atoms with E-state index >= 15 is 0 Å². The summed E-state index contributed by atoms with van der Waals surface area (Å²) in [5, 5.41) is 5.39. The second kappa shape index (κ2) is 9.13. The van der Waals surface area contributed by atoms with Crippen LogP contribution in [0, 0.1) is 0 Å². The molecule has 0 unspecified atom stereocenters. The Kier molecular flexibility index (Phi) is 7.40. The zero-order valence-electron chi connectivity index (χ0n) is 12.4. The highest BCUT2D eigenvalue weighted by atomic mass is 16.2. The Hall–Kier alpha value is -1.84. The molecule has 0 atom stereocenters. The smallest absolute Gasteiger partial charge is 0.253 e. The fourth-order valence-corrected chi connectivity index (χ4v) is 2.03. The second-order valence-electron chi connectivity index (χ2n) is 4.84. The van der Waals surface area contributed by atoms with Gasteiger partial charge in [-0.2, -0.15) is 0 Å². The van der Waals surface area contributed by atoms with Crippen LogP contribution in [-0.2, 0) is 4.79 Å². The van der Waals surface area contributed by atoms with E-state index in [1.165, 1.54) is 19.3 Å². The van der Waals surface area contributed by atoms with Crippen LogP contribution in [0.1, 0.15) is 55.8 Å². The molecule has 0 aliphatic carbocycles. The number of hydrogen-bond acceptors (Lipinski definition) is 2. The van der Waals surface area contributed by atoms with E-state index in [1.807, 2.05) is 6.07 Å². The number of carbonyl (C=O) groups is 2. The number of anilines is 1. The number of amides is 2. The van der Waals surface area contributed by atoms with Crippen molar-refractivity contribution in [2.24, 2.45) is 0 Å². The van der Waals surface area contributed by atoms with Gasteiger partial charge in [0.15, 0.2) is 0 Å². The Morgan fingerprint density at radius 3 is 2.45 bits per heavy atom. The first-order valence-corrected chi connectivity index (χ1v) is 7.30. The summed E-state index contributed by atoms with van der Waals surface area (Å²) in [7, 11) is 1.58. The molecule has 0 heterocycles. The molecule has 2 amide bonds. The molecule has 1 aromatic carbocycles. The molecule has 2 N–H and O–H groups in total. The van der Waals surface area contributed by atoms with Crippen LogP contribution in [0.25, 0.3) is 0 Å². The van der Waals surface area contributed by atoms with Gasteiger partial charge in [0.2, 0.25) is 5.91 Å². The Morgan fingerprint density at radius 1 is 1.05 bits per heavy atom. The molecule has 1 aromatic rings. The highest BCUT2D eigenvalue weighted by molar-refractivity contribution is 6.03. The average Bonchev–Trinajstić information content (AvgIpc) is 2.47. The molecule has 1 rings (SSSR count). The lowest BCUT2D eigenvalue weighted by atomic mass is 10.1. The highest BCUT2D eigenvalue weighted by Gasteiger charge is 2.11. The minimum Gasteiger partial charge on any atom is -0.355 e. The van der Waals surface area contributed by atoms with Crippen LogP contribution < -0.4 is 10.6 Å². The molecule has 20 heavy (non-hydrogen) atoms. The molecule has 0 saturated carbocycles. The van der Waals surface area contributed by atoms with Gasteiger partial charge in [-0.1, -0.05) is 44.7 Å². The quantitative estimate of drug-likeness (QED) is 0.715. The van der Waals surface area contributed by atoms with Crippen molar-refractivity contribution >= 4 is 17.5 Å². The predicted octanol–water partition coefficient (Wildman–Crippen LogP) is 3.35. The van der Waals surface area contributed by atoms with Crippen LogP contribution in [0.5, 0.6) is 0 Å². The summed E-state index contributed by atoms with van der Waals surface area (Å²) in [5.74, 6) is -0.221. The third kappa shape index (κ3) is 5.43. The summed E-state index contributed by atoms with van der Waals surface area (Å²) in [5.41, 5.74) is 1.07. The van der Waals surface area contributed by atoms with Crippen molar-refractivity contribution < 1.29 is 9.59 Å². The number of rotatable bonds is 8. The highest BCUT2D eigenvalue weighted by Crippen LogP contribution is 2.15. The van der Waals surface area contributed by atoms with Gasteiger partial charge in [0, 0.05) is 13.5 Å². The van der Waals surface area contributed by atoms with Gasteiger partial charge in [0.05, 0.1) is 11.3 Å². The third-order valence-corrected chi connectivity index (χ3v) is 3.18. The van der Waals surface area contributed by atoms with Crippen LogP contribution in [0.4, 0.5) is 5.69 Å². The molecular weight excluding hydrogens is 252 g/mol. The maximum absolute atomic E-state index is 11.9. The van der Waals surface area contributed by atoms with Crippen molar-refractivity contribution in [1.82, 2.24) is 5.32 Å². The topological polar surface area (TPSA) is 58.2 Å². The summed E-state index contributed by atoms with van der Waals surface area (Å²) in [6, 6.07) is 7.05. The number of nitrogens with one attached hydrogen (secondary N) is 2. The Balaban J connectivity index is 2.47. The molecule has 0 fully saturated rings. The van der Waals surface area contributed by atoms with E-state index in [2.05, 4.69) is 17.6 Å². The van der Waals surface area contributed by atoms with Crippen LogP contribution in [0.3, 0.4) is 0 Å². The molecule has 0 aromatic heterocycles. The molecular formula is C16H24N2O2. The van der Waals surface area contributed by atoms with E-state index in [1.54, 1.807) is 25.2 Å². The zero-order valence-corrected chi connectivity index (χ0v) is 12.4. The van der Waals surface area contributed by atoms with Gasteiger partial charge in [0.1, 0.15) is 0 Å². The Morgan fingerprint density at radius 2 is 1.75 bits per heavy atom. The van der Waals surface area contributed by atoms with Crippen LogP contribution in [-0.4, -0.2) is 18.9 Å². The van der Waals surface area contributed by atoms with Crippen molar-refractivity contribution in [1.29, 1.82) is 0 Å². The largest absolute Gasteiger partial charge is 0.355 e. The molecule has 0 spiro atoms. The fourth-order valence-electron chi connectivity index (χ4n) is 2.03. The van der Waals surface area contributed by atoms with Crippen molar-refractivity contribution in [3.05, 3.63) is 29.8 Å². The number of carbonyl (C=O) groups excluding carboxylic acids is 2. The van der Waals surface area contributed by atoms with Crippen molar-refractivity contribution in [2.45, 2.75) is 45.4 Å². The summed E-state index contributed by atoms with van der Waals surface area (Å²) < 4.78 is 0. The lowest BCUT2D eigenvalue weighted by Crippen LogP contribution is -2.21. The fraction of sp³-hybridized carbons (Fsp3) is 0.500. The molecule has 0 saturated heterocycles. The van der Waals surface area contributed by atoms with Crippen molar-refractivity contribution in [2.75, 3.05) is 12.4 Å². The summed E-state index contributed by atoms with van der Waals surface area (Å²) in [4.78, 5) is 23.6. The van der Waals surface area contributed by atoms with Crippen molar-refractivity contribution in [3.63, 3.8) is 0 Å². The van der Waals surface area contributed by atoms with Crippen LogP contribution in [0.15, 0.2) is 24.3 Å². The number of para-hydroxylation sites is 1. The van der Waals surface area contributed by atoms with Crippen molar-refractivity contribution in [3.8, 4) is 0 Å². The zero-order chi connectivity index (χ0) is 14.8. The van der Waals surface area contributed by atoms with Gasteiger partial charge in [-0.25, -0.2) is 0 Å². The first-order chi connectivity index (χ1) is 9.69. The maximum Gasteiger partial charge on any atom is 0.253 e. The summed E-state index contributed by atoms with van der Waals surface area (Å²) >= 11 is 0. The molecule has 4 heteroatoms. The van der Waals surface area contributed by atoms with E-state index in [-0.39, 0.29) is 11.8 Å². The first-order valence-electron chi connectivity index (χ1n) is 7.30. The number of unbranched alkanes of at least 4 members (excludes halogenated alkanes) is 4. The molecule has 0 bridgehead atoms. The second-order valence-corrected chi connectivity index (χ2v) is 4.84. The van der Waals surface area contributed by atoms with Gasteiger partial charge >= 0.3 is 0 Å². The molecule has 110 valence electrons. The van der Waals surface area contributed by atoms with Gasteiger partial charge < -0.3 is 10.6 Å². The van der Waals surface area contributed by atoms with Gasteiger partial charge in [-0.3, -0.25) is 9.59 Å². The van der Waals surface area contributed by atoms with Gasteiger partial charge in [0.25, 0.3) is 5.91 Å². The van der Waals surface area contributed by atoms with E-state index < -0.39 is 0 Å². The monoisotopic (exact) mass is 276 g/mol. The van der Waals surface area contributed by atoms with E-state index in [0.29, 0.717) is 17.7 Å². The average molecular weight is 276 g/mol. The van der Waals surface area contributed by atoms with Gasteiger partial charge in [-0.15, -0.1) is 0 Å². The van der Waals surface area contributed by atoms with E-state index in [4.69, 9.17) is 0 Å². The molecule has 0 radical (unpaired) electrons. The lowest BCUT2D eigenvalue weighted by Gasteiger charge is -2.10. The minimum absolute atomic E-state index is 0.0298. The lowest BCUT2D eigenvalue weighted by molar-refractivity contribution is -0.116. The molecule has 4 nitrogen and oxygen atoms in total. The maximum atomic E-state index is 11.9. The Bertz CT molecular complexity index is 444. The van der Waals surface area contributed by atoms with E-state index in [9.17, 15) is 9.59 Å². The summed E-state index contributed by atoms with van der Waals surface area (Å²) in [6.45, 7) is 2.17. The minimum atomic E-state index is -0.191. The summed E-state index contributed by atoms with van der Waals surface area (Å²) in [6.07, 6.45) is 6.09. The Labute approximate surface area is 121 Å². The van der Waals surface area contributed by atoms with Crippen LogP contribution >= 0.6 is 0 Å². The normalized spacial score (nSPS) is 10.1. The van der Waals surface area contributed by atoms with E-state index in [0.717, 1.165) is 12.8 Å². The third-order valence-electron chi connectivity index (χ3n) is 3.18. The standard InChI is InChI=1S/C16H24N2O2/c1-3-4-5-6-7-12-15(19)18-14-11-9-8-10-13(14)16(20)17-2/h8-11H,3-7,12H2,1-2H3,(H,17,20)(H,18,19). The predicted molar refractivity (Wildman–Crippen MR) is 81.8 cm³/mol. The SMILES string of the molecule is CCCCCCCC(=O)Nc1ccccc1C(=O)NC. The molecule has 0 aliphatic rings. The first kappa shape index (κ1) is 16.2. The number of hydrogen-bond donors (Lipinski definition) is 2. The molecule has 0 aliphatic heterocycles. The number of benzene rings is 1. The van der Waals surface area contributed by atoms with Crippen LogP contribution in [0.2, 0.25) is 0 Å².